The molecule has 0 saturated carbocycles. The first-order chi connectivity index (χ1) is 24.4. The van der Waals surface area contributed by atoms with Crippen molar-refractivity contribution in [3.05, 3.63) is 108 Å². The topological polar surface area (TPSA) is 106 Å². The molecule has 4 heterocycles. The molecule has 0 spiro atoms. The van der Waals surface area contributed by atoms with Gasteiger partial charge in [-0.1, -0.05) is 30.3 Å². The molecule has 264 valence electrons. The van der Waals surface area contributed by atoms with Gasteiger partial charge in [-0.15, -0.1) is 11.3 Å². The van der Waals surface area contributed by atoms with Gasteiger partial charge in [-0.3, -0.25) is 14.4 Å². The third-order valence-corrected chi connectivity index (χ3v) is 11.5. The van der Waals surface area contributed by atoms with Crippen LogP contribution < -0.4 is 14.2 Å². The van der Waals surface area contributed by atoms with Crippen molar-refractivity contribution < 1.29 is 35.9 Å². The number of carbonyl (C=O) groups is 1. The molecule has 10 nitrogen and oxygen atoms in total. The van der Waals surface area contributed by atoms with Crippen LogP contribution in [-0.4, -0.2) is 72.6 Å². The number of ether oxygens (including phenoxy) is 2. The highest BCUT2D eigenvalue weighted by Crippen LogP contribution is 2.31. The largest absolute Gasteiger partial charge is 0.484 e. The minimum Gasteiger partial charge on any atom is -0.484 e. The number of benzene rings is 3. The molecule has 1 aliphatic rings. The average Bonchev–Trinajstić information content (AvgIpc) is 3.70. The number of anilines is 1. The first-order valence-corrected chi connectivity index (χ1v) is 18.3. The van der Waals surface area contributed by atoms with Crippen molar-refractivity contribution in [1.29, 1.82) is 0 Å². The molecule has 6 aromatic rings. The summed E-state index contributed by atoms with van der Waals surface area (Å²) in [5, 5.41) is 1.73. The van der Waals surface area contributed by atoms with Crippen LogP contribution in [0.25, 0.3) is 21.0 Å². The number of pyridine rings is 1. The van der Waals surface area contributed by atoms with Gasteiger partial charge in [0.15, 0.2) is 6.61 Å². The van der Waals surface area contributed by atoms with E-state index in [1.165, 1.54) is 29.7 Å². The van der Waals surface area contributed by atoms with Gasteiger partial charge in [0.2, 0.25) is 5.88 Å². The van der Waals surface area contributed by atoms with Gasteiger partial charge < -0.3 is 18.9 Å². The third-order valence-electron chi connectivity index (χ3n) is 8.51. The molecule has 1 fully saturated rings. The van der Waals surface area contributed by atoms with Crippen LogP contribution in [-0.2, 0) is 23.6 Å². The maximum Gasteiger partial charge on any atom is 0.422 e. The Morgan fingerprint density at radius 2 is 1.65 bits per heavy atom. The number of rotatable bonds is 10. The molecule has 3 aromatic carbocycles. The minimum atomic E-state index is -4.39. The van der Waals surface area contributed by atoms with Crippen LogP contribution in [0.1, 0.15) is 16.1 Å². The molecule has 1 N–H and O–H groups in total. The Kier molecular flexibility index (Phi) is 9.35. The van der Waals surface area contributed by atoms with Crippen LogP contribution in [0.15, 0.2) is 101 Å². The Balaban J connectivity index is 0.945. The van der Waals surface area contributed by atoms with Crippen LogP contribution in [0.2, 0.25) is 0 Å². The van der Waals surface area contributed by atoms with Crippen LogP contribution in [0.5, 0.6) is 17.4 Å². The molecule has 3 aromatic heterocycles. The monoisotopic (exact) mass is 735 g/mol. The zero-order valence-corrected chi connectivity index (χ0v) is 28.9. The number of aromatic nitrogens is 2. The smallest absolute Gasteiger partial charge is 0.422 e. The molecule has 51 heavy (non-hydrogen) atoms. The maximum absolute atomic E-state index is 13.6. The molecule has 1 saturated heterocycles. The van der Waals surface area contributed by atoms with E-state index in [-0.39, 0.29) is 21.7 Å². The maximum atomic E-state index is 13.6. The number of aryl methyl sites for hydroxylation is 1. The van der Waals surface area contributed by atoms with Gasteiger partial charge in [0.25, 0.3) is 15.9 Å². The lowest BCUT2D eigenvalue weighted by atomic mass is 10.2. The molecule has 1 amide bonds. The number of amides is 1. The quantitative estimate of drug-likeness (QED) is 0.158. The van der Waals surface area contributed by atoms with Crippen LogP contribution in [0, 0.1) is 0 Å². The van der Waals surface area contributed by atoms with Crippen molar-refractivity contribution in [3.8, 4) is 17.4 Å². The summed E-state index contributed by atoms with van der Waals surface area (Å²) in [5.41, 5.74) is 2.58. The average molecular weight is 736 g/mol. The number of thiophene rings is 1. The fourth-order valence-corrected chi connectivity index (χ4v) is 8.32. The number of carbonyl (C=O) groups excluding carboxylic acids is 1. The summed E-state index contributed by atoms with van der Waals surface area (Å²) >= 11 is 1.19. The third kappa shape index (κ3) is 7.95. The summed E-state index contributed by atoms with van der Waals surface area (Å²) in [4.78, 5) is 21.9. The summed E-state index contributed by atoms with van der Waals surface area (Å²) in [6.07, 6.45) is -2.99. The Labute approximate surface area is 295 Å². The van der Waals surface area contributed by atoms with Crippen molar-refractivity contribution >= 4 is 53.9 Å². The first-order valence-electron chi connectivity index (χ1n) is 16.0. The number of alkyl halides is 3. The lowest BCUT2D eigenvalue weighted by molar-refractivity contribution is -0.153. The van der Waals surface area contributed by atoms with Crippen molar-refractivity contribution in [2.45, 2.75) is 16.9 Å². The van der Waals surface area contributed by atoms with Crippen molar-refractivity contribution in [2.24, 2.45) is 7.05 Å². The van der Waals surface area contributed by atoms with E-state index in [1.54, 1.807) is 36.4 Å². The number of sulfonamides is 1. The van der Waals surface area contributed by atoms with Crippen LogP contribution in [0.4, 0.5) is 18.9 Å². The summed E-state index contributed by atoms with van der Waals surface area (Å²) < 4.78 is 79.4. The van der Waals surface area contributed by atoms with E-state index in [0.29, 0.717) is 49.9 Å². The van der Waals surface area contributed by atoms with E-state index in [2.05, 4.69) is 14.6 Å². The Morgan fingerprint density at radius 1 is 0.902 bits per heavy atom. The van der Waals surface area contributed by atoms with E-state index >= 15 is 0 Å². The molecule has 15 heteroatoms. The summed E-state index contributed by atoms with van der Waals surface area (Å²) in [5.74, 6) is 0.852. The van der Waals surface area contributed by atoms with E-state index in [9.17, 15) is 26.4 Å². The SMILES string of the molecule is Cn1c(C(=O)N2CCN(Cc3ccc(OCC(F)(F)F)cc3)CC2)cc2ccc(Oc3ccc(NS(=O)(=O)c4cc5ccccc5s4)cn3)cc21. The lowest BCUT2D eigenvalue weighted by Crippen LogP contribution is -2.48. The van der Waals surface area contributed by atoms with Crippen molar-refractivity contribution in [1.82, 2.24) is 19.4 Å². The Hall–Kier alpha value is -5.12. The molecular formula is C36H32F3N5O5S2. The summed E-state index contributed by atoms with van der Waals surface area (Å²) in [7, 11) is -1.96. The van der Waals surface area contributed by atoms with E-state index < -0.39 is 22.8 Å². The molecule has 0 radical (unpaired) electrons. The molecule has 1 aliphatic heterocycles. The number of hydrogen-bond acceptors (Lipinski definition) is 8. The normalized spacial score (nSPS) is 14.2. The second-order valence-electron chi connectivity index (χ2n) is 12.1. The summed E-state index contributed by atoms with van der Waals surface area (Å²) in [6.45, 7) is 1.65. The number of nitrogens with zero attached hydrogens (tertiary/aromatic N) is 4. The predicted octanol–water partition coefficient (Wildman–Crippen LogP) is 7.28. The van der Waals surface area contributed by atoms with Gasteiger partial charge in [0.1, 0.15) is 21.4 Å². The molecule has 0 bridgehead atoms. The Bertz CT molecular complexity index is 2270. The Morgan fingerprint density at radius 3 is 2.35 bits per heavy atom. The van der Waals surface area contributed by atoms with E-state index in [1.807, 2.05) is 59.0 Å². The number of piperazine rings is 1. The molecule has 7 rings (SSSR count). The van der Waals surface area contributed by atoms with E-state index in [4.69, 9.17) is 9.47 Å². The zero-order valence-electron chi connectivity index (χ0n) is 27.3. The second-order valence-corrected chi connectivity index (χ2v) is 15.1. The van der Waals surface area contributed by atoms with Gasteiger partial charge in [-0.2, -0.15) is 13.2 Å². The fourth-order valence-electron chi connectivity index (χ4n) is 5.88. The van der Waals surface area contributed by atoms with Gasteiger partial charge >= 0.3 is 6.18 Å². The van der Waals surface area contributed by atoms with Crippen molar-refractivity contribution in [3.63, 3.8) is 0 Å². The standard InChI is InChI=1S/C36H32F3N5O5S2/c1-42-30-20-29(49-33-13-9-27(21-40-33)41-51(46,47)34-19-26-4-2-3-5-32(26)50-34)12-8-25(30)18-31(42)35(45)44-16-14-43(15-17-44)22-24-6-10-28(11-7-24)48-23-36(37,38)39/h2-13,18-21,41H,14-17,22-23H2,1H3. The van der Waals surface area contributed by atoms with Crippen LogP contribution in [0.3, 0.4) is 0 Å². The van der Waals surface area contributed by atoms with Gasteiger partial charge in [0, 0.05) is 62.0 Å². The predicted molar refractivity (Wildman–Crippen MR) is 189 cm³/mol. The summed E-state index contributed by atoms with van der Waals surface area (Å²) in [6, 6.07) is 26.2. The molecule has 0 unspecified atom stereocenters. The highest BCUT2D eigenvalue weighted by atomic mass is 32.2. The highest BCUT2D eigenvalue weighted by Gasteiger charge is 2.28. The number of fused-ring (bicyclic) bond motifs is 2. The van der Waals surface area contributed by atoms with Crippen molar-refractivity contribution in [2.75, 3.05) is 37.5 Å². The first kappa shape index (κ1) is 34.3. The zero-order chi connectivity index (χ0) is 35.8. The molecular weight excluding hydrogens is 704 g/mol. The van der Waals surface area contributed by atoms with Gasteiger partial charge in [-0.05, 0) is 59.5 Å². The lowest BCUT2D eigenvalue weighted by Gasteiger charge is -2.34. The van der Waals surface area contributed by atoms with Gasteiger partial charge in [-0.25, -0.2) is 13.4 Å². The molecule has 0 atom stereocenters. The van der Waals surface area contributed by atoms with E-state index in [0.717, 1.165) is 26.6 Å². The minimum absolute atomic E-state index is 0.0858. The number of nitrogens with one attached hydrogen (secondary N) is 1. The number of hydrogen-bond donors (Lipinski definition) is 1. The van der Waals surface area contributed by atoms with Gasteiger partial charge in [0.05, 0.1) is 17.4 Å². The fraction of sp³-hybridized carbons (Fsp3) is 0.222. The number of halogens is 3. The van der Waals surface area contributed by atoms with Crippen LogP contribution >= 0.6 is 11.3 Å². The highest BCUT2D eigenvalue weighted by molar-refractivity contribution is 7.94. The molecule has 0 aliphatic carbocycles. The second kappa shape index (κ2) is 13.9.